The van der Waals surface area contributed by atoms with E-state index in [9.17, 15) is 0 Å². The maximum Gasteiger partial charge on any atom is 0.0945 e. The molecule has 1 aromatic heterocycles. The molecule has 0 amide bonds. The Morgan fingerprint density at radius 1 is 1.44 bits per heavy atom. The predicted molar refractivity (Wildman–Crippen MR) is 72.9 cm³/mol. The van der Waals surface area contributed by atoms with Crippen molar-refractivity contribution in [2.45, 2.75) is 6.42 Å². The van der Waals surface area contributed by atoms with Gasteiger partial charge in [-0.3, -0.25) is 0 Å². The Balaban J connectivity index is 2.18. The minimum atomic E-state index is 0.978. The molecule has 0 saturated heterocycles. The monoisotopic (exact) mass is 296 g/mol. The van der Waals surface area contributed by atoms with Crippen molar-refractivity contribution in [1.29, 1.82) is 0 Å². The predicted octanol–water partition coefficient (Wildman–Crippen LogP) is 3.33. The van der Waals surface area contributed by atoms with Crippen molar-refractivity contribution in [3.63, 3.8) is 0 Å². The Morgan fingerprint density at radius 3 is 3.06 bits per heavy atom. The lowest BCUT2D eigenvalue weighted by molar-refractivity contribution is 0.788. The number of nitrogens with one attached hydrogen (secondary N) is 1. The average Bonchev–Trinajstić information content (AvgIpc) is 2.75. The number of aromatic nitrogens is 1. The van der Waals surface area contributed by atoms with Gasteiger partial charge in [0, 0.05) is 28.4 Å². The highest BCUT2D eigenvalue weighted by molar-refractivity contribution is 9.10. The van der Waals surface area contributed by atoms with Crippen LogP contribution in [0.2, 0.25) is 0 Å². The third kappa shape index (κ3) is 2.90. The molecule has 0 bridgehead atoms. The molecule has 1 aromatic carbocycles. The summed E-state index contributed by atoms with van der Waals surface area (Å²) in [4.78, 5) is 4.62. The summed E-state index contributed by atoms with van der Waals surface area (Å²) in [7, 11) is 1.96. The van der Waals surface area contributed by atoms with E-state index in [4.69, 9.17) is 0 Å². The lowest BCUT2D eigenvalue weighted by Crippen LogP contribution is -2.09. The maximum atomic E-state index is 4.62. The van der Waals surface area contributed by atoms with E-state index >= 15 is 0 Å². The molecular formula is C12H13BrN2S. The molecule has 0 aliphatic rings. The molecule has 2 rings (SSSR count). The summed E-state index contributed by atoms with van der Waals surface area (Å²) in [6.07, 6.45) is 0.995. The fourth-order valence-corrected chi connectivity index (χ4v) is 2.64. The molecule has 16 heavy (non-hydrogen) atoms. The first kappa shape index (κ1) is 11.8. The third-order valence-corrected chi connectivity index (χ3v) is 3.66. The highest BCUT2D eigenvalue weighted by Gasteiger charge is 2.04. The lowest BCUT2D eigenvalue weighted by Gasteiger charge is -1.97. The van der Waals surface area contributed by atoms with E-state index in [0.717, 1.165) is 23.1 Å². The van der Waals surface area contributed by atoms with Gasteiger partial charge in [0.1, 0.15) is 0 Å². The Labute approximate surface area is 108 Å². The molecule has 0 atom stereocenters. The normalized spacial score (nSPS) is 10.6. The molecule has 0 aliphatic carbocycles. The highest BCUT2D eigenvalue weighted by atomic mass is 79.9. The summed E-state index contributed by atoms with van der Waals surface area (Å²) in [6, 6.07) is 8.24. The second-order valence-electron chi connectivity index (χ2n) is 3.49. The Bertz CT molecular complexity index is 468. The molecule has 0 fully saturated rings. The number of likely N-dealkylation sites (N-methyl/N-ethyl adjacent to an activating group) is 1. The number of hydrogen-bond donors (Lipinski definition) is 1. The summed E-state index contributed by atoms with van der Waals surface area (Å²) in [5.74, 6) is 0. The minimum Gasteiger partial charge on any atom is -0.319 e. The maximum absolute atomic E-state index is 4.62. The van der Waals surface area contributed by atoms with E-state index in [2.05, 4.69) is 43.7 Å². The molecule has 0 saturated carbocycles. The van der Waals surface area contributed by atoms with Crippen molar-refractivity contribution in [3.8, 4) is 11.3 Å². The van der Waals surface area contributed by atoms with E-state index in [1.54, 1.807) is 11.3 Å². The van der Waals surface area contributed by atoms with Crippen LogP contribution in [0.15, 0.2) is 34.1 Å². The Hall–Kier alpha value is -0.710. The minimum absolute atomic E-state index is 0.978. The topological polar surface area (TPSA) is 24.9 Å². The van der Waals surface area contributed by atoms with Crippen molar-refractivity contribution < 1.29 is 0 Å². The van der Waals surface area contributed by atoms with E-state index in [1.165, 1.54) is 10.6 Å². The van der Waals surface area contributed by atoms with E-state index in [1.807, 2.05) is 19.2 Å². The van der Waals surface area contributed by atoms with Crippen molar-refractivity contribution in [2.75, 3.05) is 13.6 Å². The molecule has 1 heterocycles. The van der Waals surface area contributed by atoms with E-state index in [-0.39, 0.29) is 0 Å². The molecule has 0 unspecified atom stereocenters. The van der Waals surface area contributed by atoms with Crippen LogP contribution in [0.25, 0.3) is 11.3 Å². The Morgan fingerprint density at radius 2 is 2.31 bits per heavy atom. The summed E-state index contributed by atoms with van der Waals surface area (Å²) in [5.41, 5.74) is 2.23. The first-order chi connectivity index (χ1) is 7.79. The van der Waals surface area contributed by atoms with Crippen LogP contribution in [0.1, 0.15) is 5.01 Å². The standard InChI is InChI=1S/C12H13BrN2S/c1-14-6-5-12-15-11(8-16-12)9-3-2-4-10(13)7-9/h2-4,7-8,14H,5-6H2,1H3. The lowest BCUT2D eigenvalue weighted by atomic mass is 10.2. The third-order valence-electron chi connectivity index (χ3n) is 2.26. The molecule has 0 spiro atoms. The molecular weight excluding hydrogens is 284 g/mol. The van der Waals surface area contributed by atoms with Gasteiger partial charge >= 0.3 is 0 Å². The van der Waals surface area contributed by atoms with Gasteiger partial charge in [0.2, 0.25) is 0 Å². The number of thiazole rings is 1. The van der Waals surface area contributed by atoms with Gasteiger partial charge < -0.3 is 5.32 Å². The number of rotatable bonds is 4. The van der Waals surface area contributed by atoms with Crippen LogP contribution in [0.5, 0.6) is 0 Å². The fraction of sp³-hybridized carbons (Fsp3) is 0.250. The average molecular weight is 297 g/mol. The second kappa shape index (κ2) is 5.57. The largest absolute Gasteiger partial charge is 0.319 e. The molecule has 84 valence electrons. The van der Waals surface area contributed by atoms with Crippen molar-refractivity contribution in [3.05, 3.63) is 39.1 Å². The number of nitrogens with zero attached hydrogens (tertiary/aromatic N) is 1. The quantitative estimate of drug-likeness (QED) is 0.936. The van der Waals surface area contributed by atoms with E-state index in [0.29, 0.717) is 0 Å². The number of benzene rings is 1. The fourth-order valence-electron chi connectivity index (χ4n) is 1.44. The van der Waals surface area contributed by atoms with Gasteiger partial charge in [0.25, 0.3) is 0 Å². The zero-order valence-electron chi connectivity index (χ0n) is 9.03. The summed E-state index contributed by atoms with van der Waals surface area (Å²) in [6.45, 7) is 0.978. The molecule has 2 aromatic rings. The van der Waals surface area contributed by atoms with Crippen LogP contribution in [0, 0.1) is 0 Å². The van der Waals surface area contributed by atoms with Gasteiger partial charge in [0.15, 0.2) is 0 Å². The summed E-state index contributed by atoms with van der Waals surface area (Å²) >= 11 is 5.20. The van der Waals surface area contributed by atoms with Gasteiger partial charge in [-0.25, -0.2) is 4.98 Å². The van der Waals surface area contributed by atoms with Crippen LogP contribution < -0.4 is 5.32 Å². The first-order valence-electron chi connectivity index (χ1n) is 5.14. The van der Waals surface area contributed by atoms with Crippen molar-refractivity contribution in [2.24, 2.45) is 0 Å². The number of hydrogen-bond acceptors (Lipinski definition) is 3. The zero-order valence-corrected chi connectivity index (χ0v) is 11.4. The van der Waals surface area contributed by atoms with Crippen molar-refractivity contribution in [1.82, 2.24) is 10.3 Å². The van der Waals surface area contributed by atoms with Crippen LogP contribution in [-0.4, -0.2) is 18.6 Å². The first-order valence-corrected chi connectivity index (χ1v) is 6.82. The van der Waals surface area contributed by atoms with Crippen LogP contribution in [0.4, 0.5) is 0 Å². The molecule has 0 radical (unpaired) electrons. The van der Waals surface area contributed by atoms with Crippen LogP contribution in [-0.2, 0) is 6.42 Å². The molecule has 2 nitrogen and oxygen atoms in total. The number of halogens is 1. The zero-order chi connectivity index (χ0) is 11.4. The summed E-state index contributed by atoms with van der Waals surface area (Å²) < 4.78 is 1.09. The van der Waals surface area contributed by atoms with Gasteiger partial charge in [-0.15, -0.1) is 11.3 Å². The SMILES string of the molecule is CNCCc1nc(-c2cccc(Br)c2)cs1. The molecule has 0 aliphatic heterocycles. The second-order valence-corrected chi connectivity index (χ2v) is 5.35. The van der Waals surface area contributed by atoms with Gasteiger partial charge in [-0.1, -0.05) is 28.1 Å². The van der Waals surface area contributed by atoms with Crippen molar-refractivity contribution >= 4 is 27.3 Å². The molecule has 1 N–H and O–H groups in total. The van der Waals surface area contributed by atoms with Gasteiger partial charge in [-0.05, 0) is 19.2 Å². The van der Waals surface area contributed by atoms with Crippen LogP contribution >= 0.6 is 27.3 Å². The van der Waals surface area contributed by atoms with E-state index < -0.39 is 0 Å². The smallest absolute Gasteiger partial charge is 0.0945 e. The summed E-state index contributed by atoms with van der Waals surface area (Å²) in [5, 5.41) is 6.44. The highest BCUT2D eigenvalue weighted by Crippen LogP contribution is 2.24. The van der Waals surface area contributed by atoms with Gasteiger partial charge in [0.05, 0.1) is 10.7 Å². The molecule has 4 heteroatoms. The Kier molecular flexibility index (Phi) is 4.09. The van der Waals surface area contributed by atoms with Gasteiger partial charge in [-0.2, -0.15) is 0 Å². The van der Waals surface area contributed by atoms with Crippen LogP contribution in [0.3, 0.4) is 0 Å².